The lowest BCUT2D eigenvalue weighted by atomic mass is 9.87. The highest BCUT2D eigenvalue weighted by molar-refractivity contribution is 7.89. The van der Waals surface area contributed by atoms with E-state index in [-0.39, 0.29) is 35.8 Å². The van der Waals surface area contributed by atoms with E-state index in [1.165, 1.54) is 35.9 Å². The van der Waals surface area contributed by atoms with Crippen LogP contribution in [0.15, 0.2) is 60.0 Å². The first-order valence-electron chi connectivity index (χ1n) is 8.80. The van der Waals surface area contributed by atoms with E-state index in [0.29, 0.717) is 5.56 Å². The fraction of sp³-hybridized carbons (Fsp3) is 0.250. The molecule has 1 amide bonds. The Morgan fingerprint density at radius 1 is 1.21 bits per heavy atom. The molecule has 4 N–H and O–H groups in total. The summed E-state index contributed by atoms with van der Waals surface area (Å²) in [4.78, 5) is 12.7. The van der Waals surface area contributed by atoms with E-state index in [1.54, 1.807) is 0 Å². The standard InChI is InChI=1S/C20H23N3O3S.ClH/c1-2-12-22-27(25,26)17-9-6-14(7-10-17)20(24)23-19-5-3-4-15-13-16(21)8-11-18(15)19;/h2,6-11,13,19,22H,1,3-5,12,21H2,(H,23,24);1H. The van der Waals surface area contributed by atoms with Gasteiger partial charge in [0, 0.05) is 17.8 Å². The van der Waals surface area contributed by atoms with Gasteiger partial charge in [0.05, 0.1) is 10.9 Å². The number of aryl methyl sites for hydroxylation is 1. The number of amides is 1. The molecule has 8 heteroatoms. The third-order valence-electron chi connectivity index (χ3n) is 4.63. The molecule has 2 aromatic rings. The maximum atomic E-state index is 12.6. The highest BCUT2D eigenvalue weighted by Gasteiger charge is 2.22. The lowest BCUT2D eigenvalue weighted by Crippen LogP contribution is -2.31. The molecule has 1 unspecified atom stereocenters. The summed E-state index contributed by atoms with van der Waals surface area (Å²) < 4.78 is 26.6. The zero-order valence-corrected chi connectivity index (χ0v) is 17.0. The van der Waals surface area contributed by atoms with Gasteiger partial charge in [0.1, 0.15) is 0 Å². The van der Waals surface area contributed by atoms with Crippen LogP contribution in [0.5, 0.6) is 0 Å². The fourth-order valence-corrected chi connectivity index (χ4v) is 4.26. The maximum absolute atomic E-state index is 12.6. The van der Waals surface area contributed by atoms with Crippen LogP contribution in [0.4, 0.5) is 5.69 Å². The minimum Gasteiger partial charge on any atom is -0.399 e. The highest BCUT2D eigenvalue weighted by Crippen LogP contribution is 2.31. The number of fused-ring (bicyclic) bond motifs is 1. The molecule has 0 fully saturated rings. The van der Waals surface area contributed by atoms with Crippen molar-refractivity contribution in [2.24, 2.45) is 0 Å². The fourth-order valence-electron chi connectivity index (χ4n) is 3.26. The van der Waals surface area contributed by atoms with E-state index in [4.69, 9.17) is 5.73 Å². The van der Waals surface area contributed by atoms with Gasteiger partial charge in [0.2, 0.25) is 10.0 Å². The van der Waals surface area contributed by atoms with Crippen molar-refractivity contribution in [3.8, 4) is 0 Å². The molecule has 150 valence electrons. The molecule has 1 aliphatic rings. The SMILES string of the molecule is C=CCNS(=O)(=O)c1ccc(C(=O)NC2CCCc3cc(N)ccc32)cc1.Cl. The molecule has 0 aliphatic heterocycles. The van der Waals surface area contributed by atoms with Crippen molar-refractivity contribution in [2.75, 3.05) is 12.3 Å². The summed E-state index contributed by atoms with van der Waals surface area (Å²) in [6.07, 6.45) is 4.26. The molecule has 1 aliphatic carbocycles. The van der Waals surface area contributed by atoms with Gasteiger partial charge in [-0.25, -0.2) is 13.1 Å². The van der Waals surface area contributed by atoms with Crippen molar-refractivity contribution in [2.45, 2.75) is 30.2 Å². The van der Waals surface area contributed by atoms with Crippen LogP contribution in [0.3, 0.4) is 0 Å². The number of sulfonamides is 1. The summed E-state index contributed by atoms with van der Waals surface area (Å²) in [5, 5.41) is 3.05. The number of nitrogen functional groups attached to an aromatic ring is 1. The van der Waals surface area contributed by atoms with Crippen LogP contribution in [-0.2, 0) is 16.4 Å². The Hall–Kier alpha value is -2.35. The van der Waals surface area contributed by atoms with Crippen LogP contribution in [0, 0.1) is 0 Å². The van der Waals surface area contributed by atoms with Crippen LogP contribution in [-0.4, -0.2) is 20.9 Å². The van der Waals surface area contributed by atoms with Crippen LogP contribution in [0.2, 0.25) is 0 Å². The molecule has 0 spiro atoms. The first-order chi connectivity index (χ1) is 12.9. The largest absolute Gasteiger partial charge is 0.399 e. The Kier molecular flexibility index (Phi) is 7.23. The van der Waals surface area contributed by atoms with Crippen molar-refractivity contribution in [3.05, 3.63) is 71.8 Å². The van der Waals surface area contributed by atoms with Crippen LogP contribution < -0.4 is 15.8 Å². The van der Waals surface area contributed by atoms with E-state index in [9.17, 15) is 13.2 Å². The monoisotopic (exact) mass is 421 g/mol. The Morgan fingerprint density at radius 2 is 1.93 bits per heavy atom. The van der Waals surface area contributed by atoms with Crippen LogP contribution in [0.25, 0.3) is 0 Å². The summed E-state index contributed by atoms with van der Waals surface area (Å²) in [5.41, 5.74) is 9.26. The molecule has 3 rings (SSSR count). The van der Waals surface area contributed by atoms with E-state index in [2.05, 4.69) is 16.6 Å². The Morgan fingerprint density at radius 3 is 2.61 bits per heavy atom. The average molecular weight is 422 g/mol. The molecule has 2 aromatic carbocycles. The van der Waals surface area contributed by atoms with Gasteiger partial charge in [0.25, 0.3) is 5.91 Å². The second kappa shape index (κ2) is 9.23. The summed E-state index contributed by atoms with van der Waals surface area (Å²) in [5.74, 6) is -0.229. The topological polar surface area (TPSA) is 101 Å². The van der Waals surface area contributed by atoms with Crippen molar-refractivity contribution in [1.29, 1.82) is 0 Å². The Labute approximate surface area is 171 Å². The molecule has 0 saturated carbocycles. The number of hydrogen-bond donors (Lipinski definition) is 3. The lowest BCUT2D eigenvalue weighted by Gasteiger charge is -2.26. The lowest BCUT2D eigenvalue weighted by molar-refractivity contribution is 0.0932. The van der Waals surface area contributed by atoms with E-state index in [0.717, 1.165) is 30.5 Å². The molecule has 0 aromatic heterocycles. The van der Waals surface area contributed by atoms with Crippen molar-refractivity contribution >= 4 is 34.0 Å². The smallest absolute Gasteiger partial charge is 0.251 e. The minimum absolute atomic E-state index is 0. The van der Waals surface area contributed by atoms with Crippen molar-refractivity contribution in [1.82, 2.24) is 10.0 Å². The molecule has 0 bridgehead atoms. The Balaban J connectivity index is 0.00000280. The molecular weight excluding hydrogens is 398 g/mol. The molecule has 6 nitrogen and oxygen atoms in total. The molecule has 0 heterocycles. The number of hydrogen-bond acceptors (Lipinski definition) is 4. The van der Waals surface area contributed by atoms with E-state index in [1.807, 2.05) is 18.2 Å². The maximum Gasteiger partial charge on any atom is 0.251 e. The van der Waals surface area contributed by atoms with Crippen LogP contribution >= 0.6 is 12.4 Å². The third kappa shape index (κ3) is 4.92. The van der Waals surface area contributed by atoms with E-state index < -0.39 is 10.0 Å². The second-order valence-electron chi connectivity index (χ2n) is 6.54. The van der Waals surface area contributed by atoms with Gasteiger partial charge in [-0.3, -0.25) is 4.79 Å². The first-order valence-corrected chi connectivity index (χ1v) is 10.3. The summed E-state index contributed by atoms with van der Waals surface area (Å²) in [7, 11) is -3.60. The zero-order chi connectivity index (χ0) is 19.4. The number of nitrogens with one attached hydrogen (secondary N) is 2. The first kappa shape index (κ1) is 21.9. The molecule has 0 radical (unpaired) electrons. The van der Waals surface area contributed by atoms with Gasteiger partial charge in [-0.05, 0) is 66.8 Å². The quantitative estimate of drug-likeness (QED) is 0.493. The van der Waals surface area contributed by atoms with Crippen molar-refractivity contribution in [3.63, 3.8) is 0 Å². The van der Waals surface area contributed by atoms with Gasteiger partial charge in [0.15, 0.2) is 0 Å². The summed E-state index contributed by atoms with van der Waals surface area (Å²) in [6, 6.07) is 11.6. The van der Waals surface area contributed by atoms with Gasteiger partial charge >= 0.3 is 0 Å². The number of benzene rings is 2. The normalized spacial score (nSPS) is 15.8. The highest BCUT2D eigenvalue weighted by atomic mass is 35.5. The third-order valence-corrected chi connectivity index (χ3v) is 6.07. The predicted molar refractivity (Wildman–Crippen MR) is 113 cm³/mol. The minimum atomic E-state index is -3.60. The van der Waals surface area contributed by atoms with E-state index >= 15 is 0 Å². The number of carbonyl (C=O) groups is 1. The average Bonchev–Trinajstić information content (AvgIpc) is 2.66. The number of rotatable bonds is 6. The molecular formula is C20H24ClN3O3S. The van der Waals surface area contributed by atoms with Crippen molar-refractivity contribution < 1.29 is 13.2 Å². The zero-order valence-electron chi connectivity index (χ0n) is 15.4. The van der Waals surface area contributed by atoms with Crippen LogP contribution in [0.1, 0.15) is 40.4 Å². The number of halogens is 1. The van der Waals surface area contributed by atoms with Gasteiger partial charge in [-0.15, -0.1) is 19.0 Å². The second-order valence-corrected chi connectivity index (χ2v) is 8.31. The van der Waals surface area contributed by atoms with Gasteiger partial charge in [-0.1, -0.05) is 12.1 Å². The predicted octanol–water partition coefficient (Wildman–Crippen LogP) is 2.96. The molecule has 0 saturated heterocycles. The number of anilines is 1. The summed E-state index contributed by atoms with van der Waals surface area (Å²) >= 11 is 0. The Bertz CT molecular complexity index is 959. The summed E-state index contributed by atoms with van der Waals surface area (Å²) in [6.45, 7) is 3.63. The van der Waals surface area contributed by atoms with Gasteiger partial charge in [-0.2, -0.15) is 0 Å². The molecule has 28 heavy (non-hydrogen) atoms. The molecule has 1 atom stereocenters. The number of nitrogens with two attached hydrogens (primary N) is 1. The van der Waals surface area contributed by atoms with Gasteiger partial charge < -0.3 is 11.1 Å². The number of carbonyl (C=O) groups excluding carboxylic acids is 1.